The van der Waals surface area contributed by atoms with Crippen LogP contribution in [-0.4, -0.2) is 57.4 Å². The Morgan fingerprint density at radius 3 is 1.92 bits per heavy atom. The summed E-state index contributed by atoms with van der Waals surface area (Å²) in [5, 5.41) is 26.2. The summed E-state index contributed by atoms with van der Waals surface area (Å²) < 4.78 is 0. The number of nitrogens with zero attached hydrogens (tertiary/aromatic N) is 1. The van der Waals surface area contributed by atoms with Crippen molar-refractivity contribution in [3.63, 3.8) is 0 Å². The molecule has 1 heterocycles. The van der Waals surface area contributed by atoms with Crippen LogP contribution in [0.15, 0.2) is 0 Å². The van der Waals surface area contributed by atoms with Crippen molar-refractivity contribution in [3.8, 4) is 0 Å². The van der Waals surface area contributed by atoms with Gasteiger partial charge in [0.05, 0.1) is 12.2 Å². The number of hydrogen-bond donors (Lipinski definition) is 3. The van der Waals surface area contributed by atoms with Gasteiger partial charge in [0.25, 0.3) is 0 Å². The van der Waals surface area contributed by atoms with Gasteiger partial charge in [-0.3, -0.25) is 4.79 Å². The summed E-state index contributed by atoms with van der Waals surface area (Å²) in [6, 6.07) is 0. The zero-order chi connectivity index (χ0) is 9.30. The number of carbonyl (C=O) groups is 2. The molecule has 1 aliphatic heterocycles. The van der Waals surface area contributed by atoms with Crippen molar-refractivity contribution in [2.24, 2.45) is 0 Å². The van der Waals surface area contributed by atoms with E-state index in [1.807, 2.05) is 0 Å². The second kappa shape index (κ2) is 3.08. The SMILES string of the molecule is O=C(O)C(=O)N1CC(O)C(O)C1. The number of amides is 1. The Balaban J connectivity index is 2.57. The Morgan fingerprint density at radius 2 is 1.58 bits per heavy atom. The fraction of sp³-hybridized carbons (Fsp3) is 0.667. The van der Waals surface area contributed by atoms with Crippen LogP contribution in [0, 0.1) is 0 Å². The highest BCUT2D eigenvalue weighted by Gasteiger charge is 2.34. The van der Waals surface area contributed by atoms with Gasteiger partial charge in [0.1, 0.15) is 0 Å². The molecule has 0 aromatic heterocycles. The van der Waals surface area contributed by atoms with Crippen LogP contribution in [0.25, 0.3) is 0 Å². The molecule has 3 N–H and O–H groups in total. The molecule has 0 aliphatic carbocycles. The predicted octanol–water partition coefficient (Wildman–Crippen LogP) is -2.36. The molecule has 6 heteroatoms. The standard InChI is InChI=1S/C6H9NO5/c8-3-1-7(2-4(3)9)5(10)6(11)12/h3-4,8-9H,1-2H2,(H,11,12). The lowest BCUT2D eigenvalue weighted by Crippen LogP contribution is -2.35. The number of aliphatic hydroxyl groups is 2. The van der Waals surface area contributed by atoms with Crippen molar-refractivity contribution in [2.45, 2.75) is 12.2 Å². The lowest BCUT2D eigenvalue weighted by Gasteiger charge is -2.10. The molecule has 0 radical (unpaired) electrons. The molecule has 1 saturated heterocycles. The minimum atomic E-state index is -1.57. The summed E-state index contributed by atoms with van der Waals surface area (Å²) in [5.74, 6) is -2.66. The van der Waals surface area contributed by atoms with E-state index in [1.165, 1.54) is 0 Å². The first kappa shape index (κ1) is 8.95. The number of hydrogen-bond acceptors (Lipinski definition) is 4. The number of carbonyl (C=O) groups excluding carboxylic acids is 1. The molecule has 0 aromatic carbocycles. The van der Waals surface area contributed by atoms with E-state index in [-0.39, 0.29) is 13.1 Å². The summed E-state index contributed by atoms with van der Waals surface area (Å²) >= 11 is 0. The maximum atomic E-state index is 10.7. The van der Waals surface area contributed by atoms with E-state index in [1.54, 1.807) is 0 Å². The maximum absolute atomic E-state index is 10.7. The number of aliphatic hydroxyl groups excluding tert-OH is 2. The van der Waals surface area contributed by atoms with Gasteiger partial charge in [-0.1, -0.05) is 0 Å². The molecule has 0 bridgehead atoms. The third kappa shape index (κ3) is 1.54. The van der Waals surface area contributed by atoms with Crippen LogP contribution in [0.5, 0.6) is 0 Å². The first-order valence-electron chi connectivity index (χ1n) is 3.40. The van der Waals surface area contributed by atoms with Crippen LogP contribution in [0.1, 0.15) is 0 Å². The lowest BCUT2D eigenvalue weighted by atomic mass is 10.3. The molecular formula is C6H9NO5. The Bertz CT molecular complexity index is 206. The lowest BCUT2D eigenvalue weighted by molar-refractivity contribution is -0.155. The average Bonchev–Trinajstić information content (AvgIpc) is 2.30. The summed E-state index contributed by atoms with van der Waals surface area (Å²) in [7, 11) is 0. The number of aliphatic carboxylic acids is 1. The molecule has 2 unspecified atom stereocenters. The highest BCUT2D eigenvalue weighted by Crippen LogP contribution is 2.09. The predicted molar refractivity (Wildman–Crippen MR) is 36.2 cm³/mol. The molecule has 6 nitrogen and oxygen atoms in total. The molecule has 0 aromatic rings. The Hall–Kier alpha value is -1.14. The molecule has 1 rings (SSSR count). The normalized spacial score (nSPS) is 29.0. The van der Waals surface area contributed by atoms with Crippen molar-refractivity contribution in [2.75, 3.05) is 13.1 Å². The van der Waals surface area contributed by atoms with Crippen molar-refractivity contribution in [3.05, 3.63) is 0 Å². The van der Waals surface area contributed by atoms with Crippen LogP contribution in [0.4, 0.5) is 0 Å². The third-order valence-corrected chi connectivity index (χ3v) is 1.73. The summed E-state index contributed by atoms with van der Waals surface area (Å²) in [5.41, 5.74) is 0. The van der Waals surface area contributed by atoms with E-state index in [0.29, 0.717) is 0 Å². The number of carboxylic acids is 1. The zero-order valence-corrected chi connectivity index (χ0v) is 6.17. The van der Waals surface area contributed by atoms with E-state index >= 15 is 0 Å². The monoisotopic (exact) mass is 175 g/mol. The summed E-state index contributed by atoms with van der Waals surface area (Å²) in [6.45, 7) is -0.238. The maximum Gasteiger partial charge on any atom is 0.394 e. The van der Waals surface area contributed by atoms with Crippen LogP contribution in [-0.2, 0) is 9.59 Å². The van der Waals surface area contributed by atoms with Crippen molar-refractivity contribution in [1.29, 1.82) is 0 Å². The van der Waals surface area contributed by atoms with Gasteiger partial charge in [-0.25, -0.2) is 4.79 Å². The molecule has 2 atom stereocenters. The second-order valence-electron chi connectivity index (χ2n) is 2.65. The molecule has 68 valence electrons. The van der Waals surface area contributed by atoms with Gasteiger partial charge in [0, 0.05) is 13.1 Å². The highest BCUT2D eigenvalue weighted by atomic mass is 16.4. The Morgan fingerprint density at radius 1 is 1.17 bits per heavy atom. The van der Waals surface area contributed by atoms with Gasteiger partial charge in [-0.15, -0.1) is 0 Å². The van der Waals surface area contributed by atoms with Crippen LogP contribution < -0.4 is 0 Å². The van der Waals surface area contributed by atoms with Crippen LogP contribution >= 0.6 is 0 Å². The van der Waals surface area contributed by atoms with Gasteiger partial charge < -0.3 is 20.2 Å². The Labute approximate surface area is 68.0 Å². The minimum absolute atomic E-state index is 0.119. The van der Waals surface area contributed by atoms with Crippen molar-refractivity contribution >= 4 is 11.9 Å². The van der Waals surface area contributed by atoms with Crippen LogP contribution in [0.2, 0.25) is 0 Å². The second-order valence-corrected chi connectivity index (χ2v) is 2.65. The number of carboxylic acid groups (broad SMARTS) is 1. The summed E-state index contributed by atoms with van der Waals surface area (Å²) in [6.07, 6.45) is -2.07. The van der Waals surface area contributed by atoms with Gasteiger partial charge in [0.2, 0.25) is 0 Å². The van der Waals surface area contributed by atoms with Crippen LogP contribution in [0.3, 0.4) is 0 Å². The van der Waals surface area contributed by atoms with E-state index in [4.69, 9.17) is 15.3 Å². The van der Waals surface area contributed by atoms with E-state index in [9.17, 15) is 9.59 Å². The average molecular weight is 175 g/mol. The van der Waals surface area contributed by atoms with Gasteiger partial charge in [-0.05, 0) is 0 Å². The van der Waals surface area contributed by atoms with E-state index < -0.39 is 24.1 Å². The van der Waals surface area contributed by atoms with Gasteiger partial charge >= 0.3 is 11.9 Å². The smallest absolute Gasteiger partial charge is 0.394 e. The highest BCUT2D eigenvalue weighted by molar-refractivity contribution is 6.31. The van der Waals surface area contributed by atoms with Gasteiger partial charge in [0.15, 0.2) is 0 Å². The fourth-order valence-electron chi connectivity index (χ4n) is 1.07. The van der Waals surface area contributed by atoms with Crippen molar-refractivity contribution < 1.29 is 24.9 Å². The molecule has 1 fully saturated rings. The molecule has 1 aliphatic rings. The molecule has 0 saturated carbocycles. The topological polar surface area (TPSA) is 98.1 Å². The molecular weight excluding hydrogens is 166 g/mol. The van der Waals surface area contributed by atoms with E-state index in [2.05, 4.69) is 0 Å². The fourth-order valence-corrected chi connectivity index (χ4v) is 1.07. The molecule has 12 heavy (non-hydrogen) atoms. The third-order valence-electron chi connectivity index (χ3n) is 1.73. The first-order chi connectivity index (χ1) is 5.52. The number of likely N-dealkylation sites (tertiary alicyclic amines) is 1. The quantitative estimate of drug-likeness (QED) is 0.357. The largest absolute Gasteiger partial charge is 0.474 e. The van der Waals surface area contributed by atoms with Gasteiger partial charge in [-0.2, -0.15) is 0 Å². The first-order valence-corrected chi connectivity index (χ1v) is 3.40. The summed E-state index contributed by atoms with van der Waals surface area (Å²) in [4.78, 5) is 21.8. The number of β-amino-alcohol motifs (C(OH)–C–C–N with tert-alkyl or cyclic N) is 2. The zero-order valence-electron chi connectivity index (χ0n) is 6.17. The minimum Gasteiger partial charge on any atom is -0.474 e. The Kier molecular flexibility index (Phi) is 2.30. The number of rotatable bonds is 0. The molecule has 1 amide bonds. The van der Waals surface area contributed by atoms with E-state index in [0.717, 1.165) is 4.90 Å². The van der Waals surface area contributed by atoms with Crippen molar-refractivity contribution in [1.82, 2.24) is 4.90 Å². The molecule has 0 spiro atoms.